The molecule has 3 aromatic carbocycles. The summed E-state index contributed by atoms with van der Waals surface area (Å²) < 4.78 is 0. The standard InChI is InChI=1S/C17H15NO3/c19-15-8-3-5-12-13(15)6-2-7-14(12)18-10-11-4-1-9-16(20)17(11)21/h1-9,18-21H,10H2. The molecule has 4 heteroatoms. The highest BCUT2D eigenvalue weighted by Gasteiger charge is 2.07. The van der Waals surface area contributed by atoms with Gasteiger partial charge in [0.15, 0.2) is 11.5 Å². The minimum Gasteiger partial charge on any atom is -0.507 e. The van der Waals surface area contributed by atoms with Crippen molar-refractivity contribution in [2.75, 3.05) is 5.32 Å². The Kier molecular flexibility index (Phi) is 3.28. The van der Waals surface area contributed by atoms with E-state index < -0.39 is 0 Å². The van der Waals surface area contributed by atoms with Crippen LogP contribution in [0.3, 0.4) is 0 Å². The van der Waals surface area contributed by atoms with E-state index >= 15 is 0 Å². The van der Waals surface area contributed by atoms with E-state index in [1.54, 1.807) is 24.3 Å². The van der Waals surface area contributed by atoms with Crippen LogP contribution in [0.25, 0.3) is 10.8 Å². The van der Waals surface area contributed by atoms with Crippen molar-refractivity contribution in [1.29, 1.82) is 0 Å². The summed E-state index contributed by atoms with van der Waals surface area (Å²) >= 11 is 0. The van der Waals surface area contributed by atoms with Crippen LogP contribution in [0.2, 0.25) is 0 Å². The summed E-state index contributed by atoms with van der Waals surface area (Å²) in [5, 5.41) is 34.0. The zero-order valence-electron chi connectivity index (χ0n) is 11.2. The summed E-state index contributed by atoms with van der Waals surface area (Å²) in [6.45, 7) is 0.370. The number of phenols is 3. The highest BCUT2D eigenvalue weighted by molar-refractivity contribution is 5.97. The molecule has 106 valence electrons. The van der Waals surface area contributed by atoms with Gasteiger partial charge >= 0.3 is 0 Å². The number of aromatic hydroxyl groups is 3. The second-order valence-corrected chi connectivity index (χ2v) is 4.82. The van der Waals surface area contributed by atoms with Gasteiger partial charge in [-0.3, -0.25) is 0 Å². The van der Waals surface area contributed by atoms with Crippen molar-refractivity contribution in [1.82, 2.24) is 0 Å². The van der Waals surface area contributed by atoms with Crippen molar-refractivity contribution in [2.24, 2.45) is 0 Å². The fraction of sp³-hybridized carbons (Fsp3) is 0.0588. The topological polar surface area (TPSA) is 72.7 Å². The number of nitrogens with one attached hydrogen (secondary N) is 1. The lowest BCUT2D eigenvalue weighted by atomic mass is 10.1. The van der Waals surface area contributed by atoms with Crippen molar-refractivity contribution in [3.05, 3.63) is 60.2 Å². The van der Waals surface area contributed by atoms with Gasteiger partial charge in [-0.15, -0.1) is 0 Å². The first-order valence-corrected chi connectivity index (χ1v) is 6.61. The second kappa shape index (κ2) is 5.25. The monoisotopic (exact) mass is 281 g/mol. The molecule has 0 spiro atoms. The van der Waals surface area contributed by atoms with Crippen LogP contribution in [-0.4, -0.2) is 15.3 Å². The molecule has 4 N–H and O–H groups in total. The fourth-order valence-corrected chi connectivity index (χ4v) is 2.36. The van der Waals surface area contributed by atoms with Crippen LogP contribution < -0.4 is 5.32 Å². The smallest absolute Gasteiger partial charge is 0.162 e. The van der Waals surface area contributed by atoms with Crippen LogP contribution >= 0.6 is 0 Å². The predicted octanol–water partition coefficient (Wildman–Crippen LogP) is 3.57. The lowest BCUT2D eigenvalue weighted by molar-refractivity contribution is 0.400. The van der Waals surface area contributed by atoms with E-state index in [0.29, 0.717) is 12.1 Å². The first kappa shape index (κ1) is 13.1. The number of para-hydroxylation sites is 1. The van der Waals surface area contributed by atoms with E-state index in [4.69, 9.17) is 0 Å². The van der Waals surface area contributed by atoms with E-state index in [9.17, 15) is 15.3 Å². The Morgan fingerprint density at radius 2 is 1.38 bits per heavy atom. The molecule has 21 heavy (non-hydrogen) atoms. The highest BCUT2D eigenvalue weighted by atomic mass is 16.3. The van der Waals surface area contributed by atoms with Crippen LogP contribution in [0.5, 0.6) is 17.2 Å². The van der Waals surface area contributed by atoms with Gasteiger partial charge in [0.2, 0.25) is 0 Å². The Morgan fingerprint density at radius 3 is 2.24 bits per heavy atom. The summed E-state index contributed by atoms with van der Waals surface area (Å²) in [6, 6.07) is 15.8. The maximum atomic E-state index is 9.86. The molecular formula is C17H15NO3. The molecule has 0 aliphatic carbocycles. The maximum absolute atomic E-state index is 9.86. The van der Waals surface area contributed by atoms with Gasteiger partial charge in [0.05, 0.1) is 0 Å². The van der Waals surface area contributed by atoms with E-state index in [2.05, 4.69) is 5.32 Å². The van der Waals surface area contributed by atoms with Gasteiger partial charge < -0.3 is 20.6 Å². The number of fused-ring (bicyclic) bond motifs is 1. The fourth-order valence-electron chi connectivity index (χ4n) is 2.36. The summed E-state index contributed by atoms with van der Waals surface area (Å²) in [6.07, 6.45) is 0. The van der Waals surface area contributed by atoms with Crippen molar-refractivity contribution in [3.8, 4) is 17.2 Å². The highest BCUT2D eigenvalue weighted by Crippen LogP contribution is 2.32. The van der Waals surface area contributed by atoms with Crippen LogP contribution in [0.1, 0.15) is 5.56 Å². The van der Waals surface area contributed by atoms with Gasteiger partial charge in [0.1, 0.15) is 5.75 Å². The van der Waals surface area contributed by atoms with E-state index in [-0.39, 0.29) is 17.2 Å². The number of hydrogen-bond acceptors (Lipinski definition) is 4. The quantitative estimate of drug-likeness (QED) is 0.554. The Labute approximate surface area is 121 Å². The van der Waals surface area contributed by atoms with Gasteiger partial charge in [-0.2, -0.15) is 0 Å². The number of rotatable bonds is 3. The summed E-state index contributed by atoms with van der Waals surface area (Å²) in [5.41, 5.74) is 1.46. The third kappa shape index (κ3) is 2.43. The number of phenolic OH excluding ortho intramolecular Hbond substituents is 3. The molecule has 3 aromatic rings. The molecule has 0 radical (unpaired) electrons. The minimum absolute atomic E-state index is 0.118. The predicted molar refractivity (Wildman–Crippen MR) is 82.7 cm³/mol. The van der Waals surface area contributed by atoms with E-state index in [1.165, 1.54) is 6.07 Å². The van der Waals surface area contributed by atoms with Crippen LogP contribution in [0.15, 0.2) is 54.6 Å². The van der Waals surface area contributed by atoms with Crippen LogP contribution in [-0.2, 0) is 6.54 Å². The summed E-state index contributed by atoms with van der Waals surface area (Å²) in [4.78, 5) is 0. The number of anilines is 1. The zero-order chi connectivity index (χ0) is 14.8. The van der Waals surface area contributed by atoms with Crippen molar-refractivity contribution < 1.29 is 15.3 Å². The van der Waals surface area contributed by atoms with Gasteiger partial charge in [-0.1, -0.05) is 36.4 Å². The molecule has 0 atom stereocenters. The molecule has 0 aliphatic rings. The molecule has 4 nitrogen and oxygen atoms in total. The third-order valence-electron chi connectivity index (χ3n) is 3.47. The largest absolute Gasteiger partial charge is 0.507 e. The van der Waals surface area contributed by atoms with Crippen molar-refractivity contribution in [2.45, 2.75) is 6.54 Å². The van der Waals surface area contributed by atoms with Gasteiger partial charge in [0.25, 0.3) is 0 Å². The lowest BCUT2D eigenvalue weighted by Gasteiger charge is -2.12. The van der Waals surface area contributed by atoms with Gasteiger partial charge in [-0.05, 0) is 18.2 Å². The Balaban J connectivity index is 1.92. The SMILES string of the molecule is Oc1cccc(CNc2cccc3c(O)cccc23)c1O. The number of benzene rings is 3. The normalized spacial score (nSPS) is 10.7. The molecule has 0 bridgehead atoms. The first-order valence-electron chi connectivity index (χ1n) is 6.61. The molecule has 0 aromatic heterocycles. The van der Waals surface area contributed by atoms with E-state index in [0.717, 1.165) is 16.5 Å². The Morgan fingerprint density at radius 1 is 0.714 bits per heavy atom. The van der Waals surface area contributed by atoms with Crippen LogP contribution in [0.4, 0.5) is 5.69 Å². The Hall–Kier alpha value is -2.88. The molecule has 0 unspecified atom stereocenters. The molecule has 0 aliphatic heterocycles. The lowest BCUT2D eigenvalue weighted by Crippen LogP contribution is -2.00. The maximum Gasteiger partial charge on any atom is 0.162 e. The van der Waals surface area contributed by atoms with Gasteiger partial charge in [-0.25, -0.2) is 0 Å². The Bertz CT molecular complexity index is 799. The molecule has 3 rings (SSSR count). The molecule has 0 fully saturated rings. The third-order valence-corrected chi connectivity index (χ3v) is 3.47. The zero-order valence-corrected chi connectivity index (χ0v) is 11.2. The van der Waals surface area contributed by atoms with Crippen LogP contribution in [0, 0.1) is 0 Å². The first-order chi connectivity index (χ1) is 10.2. The molecule has 0 saturated heterocycles. The van der Waals surface area contributed by atoms with Crippen molar-refractivity contribution in [3.63, 3.8) is 0 Å². The molecule has 0 saturated carbocycles. The molecular weight excluding hydrogens is 266 g/mol. The number of hydrogen-bond donors (Lipinski definition) is 4. The van der Waals surface area contributed by atoms with Gasteiger partial charge in [0, 0.05) is 28.6 Å². The second-order valence-electron chi connectivity index (χ2n) is 4.82. The summed E-state index contributed by atoms with van der Waals surface area (Å²) in [5.74, 6) is -0.0192. The van der Waals surface area contributed by atoms with Crippen molar-refractivity contribution >= 4 is 16.5 Å². The minimum atomic E-state index is -0.134. The summed E-state index contributed by atoms with van der Waals surface area (Å²) in [7, 11) is 0. The average Bonchev–Trinajstić information content (AvgIpc) is 2.49. The van der Waals surface area contributed by atoms with E-state index in [1.807, 2.05) is 24.3 Å². The average molecular weight is 281 g/mol. The molecule has 0 heterocycles. The molecule has 0 amide bonds.